The number of nitrogens with zero attached hydrogens (tertiary/aromatic N) is 3. The van der Waals surface area contributed by atoms with Crippen molar-refractivity contribution in [1.29, 1.82) is 0 Å². The van der Waals surface area contributed by atoms with Gasteiger partial charge in [-0.15, -0.1) is 6.54 Å². The van der Waals surface area contributed by atoms with Crippen LogP contribution in [0.1, 0.15) is 18.4 Å². The molecule has 20 heavy (non-hydrogen) atoms. The zero-order chi connectivity index (χ0) is 14.8. The molecule has 1 saturated heterocycles. The summed E-state index contributed by atoms with van der Waals surface area (Å²) in [7, 11) is 5.40. The van der Waals surface area contributed by atoms with Gasteiger partial charge < -0.3 is 10.2 Å². The Bertz CT molecular complexity index is 407. The average molecular weight is 449 g/mol. The normalized spacial score (nSPS) is 18.6. The van der Waals surface area contributed by atoms with Gasteiger partial charge in [0.05, 0.1) is 5.69 Å². The van der Waals surface area contributed by atoms with Crippen molar-refractivity contribution in [3.8, 4) is 0 Å². The monoisotopic (exact) mass is 446 g/mol. The molecule has 1 heterocycles. The molecule has 115 valence electrons. The summed E-state index contributed by atoms with van der Waals surface area (Å²) < 4.78 is 0. The molecule has 0 aromatic heterocycles. The molecule has 0 spiro atoms. The number of rotatable bonds is 4. The molecule has 1 aliphatic heterocycles. The second-order valence-electron chi connectivity index (χ2n) is 4.81. The zero-order valence-corrected chi connectivity index (χ0v) is 15.9. The van der Waals surface area contributed by atoms with Gasteiger partial charge in [-0.25, -0.2) is 0 Å². The second kappa shape index (κ2) is 10.9. The summed E-state index contributed by atoms with van der Waals surface area (Å²) in [5, 5.41) is 4.48. The Labute approximate surface area is 142 Å². The Morgan fingerprint density at radius 3 is 2.70 bits per heavy atom. The number of hydrogen-bond donors (Lipinski definition) is 0. The third-order valence-corrected chi connectivity index (χ3v) is 2.89. The Kier molecular flexibility index (Phi) is 9.99. The third kappa shape index (κ3) is 7.32. The number of aliphatic imine (C=N–C) groups is 1. The van der Waals surface area contributed by atoms with E-state index in [4.69, 9.17) is 0 Å². The molecule has 0 aliphatic carbocycles. The van der Waals surface area contributed by atoms with Crippen molar-refractivity contribution in [2.45, 2.75) is 25.4 Å². The molecule has 0 N–H and O–H groups in total. The quantitative estimate of drug-likeness (QED) is 0.486. The van der Waals surface area contributed by atoms with Gasteiger partial charge in [0.25, 0.3) is 0 Å². The first-order valence-electron chi connectivity index (χ1n) is 6.43. The third-order valence-electron chi connectivity index (χ3n) is 2.89. The van der Waals surface area contributed by atoms with Crippen LogP contribution in [0.2, 0.25) is 0 Å². The van der Waals surface area contributed by atoms with Crippen LogP contribution in [0.15, 0.2) is 29.3 Å². The molecule has 1 atom stereocenters. The van der Waals surface area contributed by atoms with Crippen LogP contribution in [0.5, 0.6) is 0 Å². The van der Waals surface area contributed by atoms with Gasteiger partial charge in [-0.1, -0.05) is 37.1 Å². The fourth-order valence-electron chi connectivity index (χ4n) is 2.05. The van der Waals surface area contributed by atoms with Gasteiger partial charge in [0.1, 0.15) is 0 Å². The van der Waals surface area contributed by atoms with E-state index in [0.29, 0.717) is 6.04 Å². The van der Waals surface area contributed by atoms with Crippen LogP contribution in [0.4, 0.5) is 5.69 Å². The predicted octanol–water partition coefficient (Wildman–Crippen LogP) is 4.68. The van der Waals surface area contributed by atoms with E-state index in [1.165, 1.54) is 22.9 Å². The SMILES string of the molecule is CN(C)Cc1ccccc1N=CC1CCC[N-]1.[Br][Ni+][Br]. The van der Waals surface area contributed by atoms with Crippen molar-refractivity contribution in [2.75, 3.05) is 20.6 Å². The number of hydrogen-bond acceptors (Lipinski definition) is 2. The zero-order valence-electron chi connectivity index (χ0n) is 11.7. The summed E-state index contributed by atoms with van der Waals surface area (Å²) in [5.41, 5.74) is 2.34. The summed E-state index contributed by atoms with van der Waals surface area (Å²) in [6.07, 6.45) is 4.36. The molecule has 1 fully saturated rings. The van der Waals surface area contributed by atoms with Crippen LogP contribution >= 0.6 is 28.5 Å². The van der Waals surface area contributed by atoms with E-state index in [9.17, 15) is 0 Å². The van der Waals surface area contributed by atoms with Crippen molar-refractivity contribution in [3.05, 3.63) is 35.1 Å². The topological polar surface area (TPSA) is 29.7 Å². The minimum absolute atomic E-state index is 0.336. The van der Waals surface area contributed by atoms with Crippen LogP contribution in [0, 0.1) is 0 Å². The van der Waals surface area contributed by atoms with E-state index in [1.54, 1.807) is 0 Å². The molecule has 0 radical (unpaired) electrons. The van der Waals surface area contributed by atoms with E-state index in [1.807, 2.05) is 12.3 Å². The average Bonchev–Trinajstić information content (AvgIpc) is 2.91. The van der Waals surface area contributed by atoms with Gasteiger partial charge in [0, 0.05) is 6.54 Å². The van der Waals surface area contributed by atoms with E-state index < -0.39 is 0 Å². The first-order chi connectivity index (χ1) is 9.67. The summed E-state index contributed by atoms with van der Waals surface area (Å²) in [5.74, 6) is 0. The van der Waals surface area contributed by atoms with Gasteiger partial charge >= 0.3 is 39.3 Å². The molecule has 1 aromatic rings. The predicted molar refractivity (Wildman–Crippen MR) is 91.1 cm³/mol. The van der Waals surface area contributed by atoms with Gasteiger partial charge in [0.2, 0.25) is 0 Å². The van der Waals surface area contributed by atoms with E-state index in [2.05, 4.69) is 76.0 Å². The van der Waals surface area contributed by atoms with E-state index in [0.717, 1.165) is 25.2 Å². The molecule has 1 aromatic carbocycles. The standard InChI is InChI=1S/C14H20N3.2BrH.Ni/c1-17(2)11-12-6-3-4-8-14(12)16-10-13-7-5-9-15-13;;;/h3-4,6,8,10,13H,5,7,9,11H2,1-2H3;2*1H;/q-1;;;+3/p-2. The fraction of sp³-hybridized carbons (Fsp3) is 0.500. The molecule has 1 unspecified atom stereocenters. The van der Waals surface area contributed by atoms with E-state index >= 15 is 0 Å². The molecule has 2 rings (SSSR count). The maximum absolute atomic E-state index is 4.60. The molecular formula is C14H20Br2N3Ni. The Morgan fingerprint density at radius 2 is 2.10 bits per heavy atom. The maximum atomic E-state index is 4.60. The Morgan fingerprint density at radius 1 is 1.40 bits per heavy atom. The Hall–Kier alpha value is 0.264. The minimum atomic E-state index is 0.336. The summed E-state index contributed by atoms with van der Waals surface area (Å²) in [6.45, 7) is 1.92. The molecule has 0 amide bonds. The van der Waals surface area contributed by atoms with Crippen molar-refractivity contribution < 1.29 is 10.9 Å². The van der Waals surface area contributed by atoms with Crippen LogP contribution in [-0.2, 0) is 17.4 Å². The number of benzene rings is 1. The fourth-order valence-corrected chi connectivity index (χ4v) is 2.05. The molecule has 0 saturated carbocycles. The van der Waals surface area contributed by atoms with E-state index in [-0.39, 0.29) is 0 Å². The van der Waals surface area contributed by atoms with Crippen molar-refractivity contribution in [1.82, 2.24) is 4.90 Å². The summed E-state index contributed by atoms with van der Waals surface area (Å²) in [6, 6.07) is 8.65. The van der Waals surface area contributed by atoms with Gasteiger partial charge in [0.15, 0.2) is 0 Å². The number of para-hydroxylation sites is 1. The van der Waals surface area contributed by atoms with Crippen LogP contribution in [0.3, 0.4) is 0 Å². The molecule has 1 aliphatic rings. The van der Waals surface area contributed by atoms with Crippen molar-refractivity contribution in [3.63, 3.8) is 0 Å². The molecule has 3 nitrogen and oxygen atoms in total. The van der Waals surface area contributed by atoms with Crippen molar-refractivity contribution >= 4 is 40.4 Å². The Balaban J connectivity index is 0.000000612. The molecular weight excluding hydrogens is 429 g/mol. The van der Waals surface area contributed by atoms with Gasteiger partial charge in [-0.3, -0.25) is 4.99 Å². The first kappa shape index (κ1) is 18.3. The van der Waals surface area contributed by atoms with Crippen molar-refractivity contribution in [2.24, 2.45) is 4.99 Å². The molecule has 0 bridgehead atoms. The van der Waals surface area contributed by atoms with Crippen LogP contribution in [0.25, 0.3) is 5.32 Å². The second-order valence-corrected chi connectivity index (χ2v) is 9.79. The van der Waals surface area contributed by atoms with Gasteiger partial charge in [-0.05, 0) is 31.9 Å². The van der Waals surface area contributed by atoms with Gasteiger partial charge in [-0.2, -0.15) is 0 Å². The first-order valence-corrected chi connectivity index (χ1v) is 11.3. The van der Waals surface area contributed by atoms with Crippen LogP contribution < -0.4 is 0 Å². The summed E-state index contributed by atoms with van der Waals surface area (Å²) >= 11 is 6.00. The summed E-state index contributed by atoms with van der Waals surface area (Å²) in [4.78, 5) is 6.76. The number of halogens is 2. The van der Waals surface area contributed by atoms with Crippen LogP contribution in [-0.4, -0.2) is 37.8 Å². The molecule has 6 heteroatoms.